The number of aromatic nitrogens is 2. The molecular formula is C20H21FN4O4S. The highest BCUT2D eigenvalue weighted by atomic mass is 32.2. The number of nitrogens with zero attached hydrogens (tertiary/aromatic N) is 2. The van der Waals surface area contributed by atoms with E-state index < -0.39 is 15.9 Å². The van der Waals surface area contributed by atoms with Gasteiger partial charge in [-0.15, -0.1) is 0 Å². The molecule has 158 valence electrons. The average molecular weight is 432 g/mol. The fraction of sp³-hybridized carbons (Fsp3) is 0.200. The lowest BCUT2D eigenvalue weighted by atomic mass is 10.1. The van der Waals surface area contributed by atoms with Crippen LogP contribution in [-0.2, 0) is 16.4 Å². The van der Waals surface area contributed by atoms with Gasteiger partial charge in [-0.2, -0.15) is 5.10 Å². The maximum Gasteiger partial charge on any atom is 0.275 e. The lowest BCUT2D eigenvalue weighted by Crippen LogP contribution is -2.26. The van der Waals surface area contributed by atoms with Crippen molar-refractivity contribution in [3.05, 3.63) is 71.8 Å². The van der Waals surface area contributed by atoms with E-state index in [2.05, 4.69) is 10.4 Å². The lowest BCUT2D eigenvalue weighted by molar-refractivity contribution is 0.0945. The summed E-state index contributed by atoms with van der Waals surface area (Å²) >= 11 is 0. The molecule has 0 saturated heterocycles. The summed E-state index contributed by atoms with van der Waals surface area (Å²) in [5.41, 5.74) is 1.54. The maximum absolute atomic E-state index is 13.1. The highest BCUT2D eigenvalue weighted by Gasteiger charge is 2.18. The van der Waals surface area contributed by atoms with E-state index in [0.29, 0.717) is 31.0 Å². The van der Waals surface area contributed by atoms with Gasteiger partial charge in [0.2, 0.25) is 10.0 Å². The Kier molecular flexibility index (Phi) is 6.48. The first-order chi connectivity index (χ1) is 14.3. The van der Waals surface area contributed by atoms with E-state index in [0.717, 1.165) is 5.56 Å². The van der Waals surface area contributed by atoms with Crippen LogP contribution in [0.1, 0.15) is 23.0 Å². The Morgan fingerprint density at radius 3 is 2.43 bits per heavy atom. The molecule has 8 nitrogen and oxygen atoms in total. The van der Waals surface area contributed by atoms with Crippen molar-refractivity contribution in [2.75, 3.05) is 13.2 Å². The van der Waals surface area contributed by atoms with Crippen LogP contribution in [0.25, 0.3) is 5.69 Å². The second kappa shape index (κ2) is 9.06. The zero-order valence-corrected chi connectivity index (χ0v) is 17.0. The largest absolute Gasteiger partial charge is 0.490 e. The van der Waals surface area contributed by atoms with Gasteiger partial charge in [0, 0.05) is 6.54 Å². The van der Waals surface area contributed by atoms with Gasteiger partial charge in [0.1, 0.15) is 5.82 Å². The molecule has 1 heterocycles. The van der Waals surface area contributed by atoms with Crippen LogP contribution in [0.15, 0.2) is 59.6 Å². The van der Waals surface area contributed by atoms with Gasteiger partial charge in [-0.05, 0) is 55.3 Å². The fourth-order valence-corrected chi connectivity index (χ4v) is 3.27. The first-order valence-corrected chi connectivity index (χ1v) is 10.7. The third kappa shape index (κ3) is 5.22. The van der Waals surface area contributed by atoms with Gasteiger partial charge < -0.3 is 10.1 Å². The van der Waals surface area contributed by atoms with E-state index in [1.165, 1.54) is 28.9 Å². The van der Waals surface area contributed by atoms with Crippen molar-refractivity contribution < 1.29 is 22.3 Å². The summed E-state index contributed by atoms with van der Waals surface area (Å²) in [6.07, 6.45) is 2.05. The predicted octanol–water partition coefficient (Wildman–Crippen LogP) is 2.03. The van der Waals surface area contributed by atoms with Crippen LogP contribution < -0.4 is 15.2 Å². The monoisotopic (exact) mass is 432 g/mol. The van der Waals surface area contributed by atoms with E-state index >= 15 is 0 Å². The topological polar surface area (TPSA) is 116 Å². The number of ether oxygens (including phenoxy) is 1. The number of rotatable bonds is 8. The molecule has 0 saturated carbocycles. The second-order valence-electron chi connectivity index (χ2n) is 6.39. The van der Waals surface area contributed by atoms with Crippen molar-refractivity contribution in [2.24, 2.45) is 5.14 Å². The Morgan fingerprint density at radius 1 is 1.17 bits per heavy atom. The quantitative estimate of drug-likeness (QED) is 0.565. The second-order valence-corrected chi connectivity index (χ2v) is 7.95. The van der Waals surface area contributed by atoms with Crippen LogP contribution in [0.4, 0.5) is 4.39 Å². The lowest BCUT2D eigenvalue weighted by Gasteiger charge is -2.06. The van der Waals surface area contributed by atoms with Crippen LogP contribution in [0, 0.1) is 5.82 Å². The highest BCUT2D eigenvalue weighted by molar-refractivity contribution is 7.89. The van der Waals surface area contributed by atoms with Crippen molar-refractivity contribution in [3.63, 3.8) is 0 Å². The molecule has 0 atom stereocenters. The van der Waals surface area contributed by atoms with Crippen LogP contribution in [-0.4, -0.2) is 37.3 Å². The summed E-state index contributed by atoms with van der Waals surface area (Å²) in [5.74, 6) is -0.469. The van der Waals surface area contributed by atoms with E-state index in [1.807, 2.05) is 0 Å². The number of sulfonamides is 1. The Bertz CT molecular complexity index is 1130. The van der Waals surface area contributed by atoms with E-state index in [-0.39, 0.29) is 16.4 Å². The summed E-state index contributed by atoms with van der Waals surface area (Å²) in [7, 11) is -3.74. The molecule has 1 aromatic heterocycles. The van der Waals surface area contributed by atoms with Gasteiger partial charge in [-0.1, -0.05) is 12.1 Å². The van der Waals surface area contributed by atoms with Crippen LogP contribution >= 0.6 is 0 Å². The molecule has 2 aromatic carbocycles. The van der Waals surface area contributed by atoms with Crippen molar-refractivity contribution in [1.29, 1.82) is 0 Å². The van der Waals surface area contributed by atoms with Gasteiger partial charge in [0.25, 0.3) is 5.91 Å². The molecule has 0 aliphatic heterocycles. The highest BCUT2D eigenvalue weighted by Crippen LogP contribution is 2.20. The van der Waals surface area contributed by atoms with Gasteiger partial charge >= 0.3 is 0 Å². The normalized spacial score (nSPS) is 11.3. The van der Waals surface area contributed by atoms with E-state index in [4.69, 9.17) is 9.88 Å². The summed E-state index contributed by atoms with van der Waals surface area (Å²) < 4.78 is 42.7. The summed E-state index contributed by atoms with van der Waals surface area (Å²) in [6, 6.07) is 11.8. The molecule has 0 aliphatic carbocycles. The molecule has 0 unspecified atom stereocenters. The molecule has 10 heteroatoms. The van der Waals surface area contributed by atoms with Gasteiger partial charge in [-0.3, -0.25) is 4.79 Å². The van der Waals surface area contributed by atoms with Crippen LogP contribution in [0.2, 0.25) is 0 Å². The van der Waals surface area contributed by atoms with Crippen molar-refractivity contribution >= 4 is 15.9 Å². The smallest absolute Gasteiger partial charge is 0.275 e. The molecule has 0 bridgehead atoms. The third-order valence-electron chi connectivity index (χ3n) is 4.24. The maximum atomic E-state index is 13.1. The molecule has 3 rings (SSSR count). The third-order valence-corrected chi connectivity index (χ3v) is 5.17. The summed E-state index contributed by atoms with van der Waals surface area (Å²) in [5, 5.41) is 12.1. The Morgan fingerprint density at radius 2 is 1.83 bits per heavy atom. The van der Waals surface area contributed by atoms with Crippen molar-refractivity contribution in [1.82, 2.24) is 15.1 Å². The Balaban J connectivity index is 1.67. The van der Waals surface area contributed by atoms with E-state index in [9.17, 15) is 17.6 Å². The van der Waals surface area contributed by atoms with Gasteiger partial charge in [0.05, 0.1) is 23.4 Å². The van der Waals surface area contributed by atoms with Crippen molar-refractivity contribution in [3.8, 4) is 11.4 Å². The average Bonchev–Trinajstić information content (AvgIpc) is 3.12. The fourth-order valence-electron chi connectivity index (χ4n) is 2.75. The SMILES string of the molecule is CCOc1cn(-c2ccc(F)cc2)nc1C(=O)NCCc1ccc(S(N)(=O)=O)cc1. The molecular weight excluding hydrogens is 411 g/mol. The first-order valence-electron chi connectivity index (χ1n) is 9.16. The number of hydrogen-bond donors (Lipinski definition) is 2. The molecule has 0 aliphatic rings. The Hall–Kier alpha value is -3.24. The van der Waals surface area contributed by atoms with Crippen LogP contribution in [0.3, 0.4) is 0 Å². The minimum Gasteiger partial charge on any atom is -0.490 e. The van der Waals surface area contributed by atoms with E-state index in [1.54, 1.807) is 37.4 Å². The number of halogens is 1. The molecule has 0 radical (unpaired) electrons. The van der Waals surface area contributed by atoms with Gasteiger partial charge in [-0.25, -0.2) is 22.6 Å². The number of hydrogen-bond acceptors (Lipinski definition) is 5. The van der Waals surface area contributed by atoms with Crippen molar-refractivity contribution in [2.45, 2.75) is 18.2 Å². The number of primary sulfonamides is 1. The molecule has 0 spiro atoms. The summed E-state index contributed by atoms with van der Waals surface area (Å²) in [4.78, 5) is 12.6. The number of nitrogens with two attached hydrogens (primary N) is 1. The number of benzene rings is 2. The molecule has 0 fully saturated rings. The molecule has 1 amide bonds. The zero-order chi connectivity index (χ0) is 21.7. The minimum atomic E-state index is -3.74. The Labute approximate surface area is 173 Å². The molecule has 3 aromatic rings. The first kappa shape index (κ1) is 21.5. The molecule has 3 N–H and O–H groups in total. The standard InChI is InChI=1S/C20H21FN4O4S/c1-2-29-18-13-25(16-7-5-15(21)6-8-16)24-19(18)20(26)23-12-11-14-3-9-17(10-4-14)30(22,27)28/h3-10,13H,2,11-12H2,1H3,(H,23,26)(H2,22,27,28). The predicted molar refractivity (Wildman–Crippen MR) is 109 cm³/mol. The number of carbonyl (C=O) groups is 1. The number of amides is 1. The van der Waals surface area contributed by atoms with Crippen LogP contribution in [0.5, 0.6) is 5.75 Å². The minimum absolute atomic E-state index is 0.0305. The number of carbonyl (C=O) groups excluding carboxylic acids is 1. The summed E-state index contributed by atoms with van der Waals surface area (Å²) in [6.45, 7) is 2.45. The zero-order valence-electron chi connectivity index (χ0n) is 16.2. The van der Waals surface area contributed by atoms with Gasteiger partial charge in [0.15, 0.2) is 11.4 Å². The number of nitrogens with one attached hydrogen (secondary N) is 1. The molecule has 30 heavy (non-hydrogen) atoms.